The molecule has 5 heteroatoms. The Hall–Kier alpha value is -1.30. The molecule has 1 aromatic rings. The van der Waals surface area contributed by atoms with Crippen molar-refractivity contribution >= 4 is 0 Å². The van der Waals surface area contributed by atoms with Crippen LogP contribution in [0.25, 0.3) is 0 Å². The molecule has 0 fully saturated rings. The van der Waals surface area contributed by atoms with Crippen molar-refractivity contribution in [2.24, 2.45) is 0 Å². The lowest BCUT2D eigenvalue weighted by molar-refractivity contribution is -0.0479. The summed E-state index contributed by atoms with van der Waals surface area (Å²) in [5, 5.41) is 10.2. The third kappa shape index (κ3) is 6.33. The second-order valence-electron chi connectivity index (χ2n) is 5.66. The van der Waals surface area contributed by atoms with E-state index < -0.39 is 6.10 Å². The summed E-state index contributed by atoms with van der Waals surface area (Å²) >= 11 is 0. The Balaban J connectivity index is 2.46. The molecule has 0 saturated heterocycles. The summed E-state index contributed by atoms with van der Waals surface area (Å²) in [6.45, 7) is 7.09. The summed E-state index contributed by atoms with van der Waals surface area (Å²) in [6, 6.07) is 5.29. The van der Waals surface area contributed by atoms with E-state index in [2.05, 4.69) is 0 Å². The molecule has 1 N–H and O–H groups in total. The highest BCUT2D eigenvalue weighted by Gasteiger charge is 2.15. The smallest absolute Gasteiger partial charge is 0.128 e. The van der Waals surface area contributed by atoms with E-state index in [0.29, 0.717) is 30.3 Å². The summed E-state index contributed by atoms with van der Waals surface area (Å²) in [4.78, 5) is 0. The average molecular weight is 298 g/mol. The predicted octanol–water partition coefficient (Wildman–Crippen LogP) is 2.57. The van der Waals surface area contributed by atoms with Crippen LogP contribution in [-0.4, -0.2) is 44.7 Å². The molecule has 0 heterocycles. The van der Waals surface area contributed by atoms with Gasteiger partial charge in [0.2, 0.25) is 0 Å². The minimum Gasteiger partial charge on any atom is -0.497 e. The lowest BCUT2D eigenvalue weighted by Crippen LogP contribution is -2.22. The normalized spacial score (nSPS) is 13.0. The fourth-order valence-electron chi connectivity index (χ4n) is 1.79. The quantitative estimate of drug-likeness (QED) is 0.748. The van der Waals surface area contributed by atoms with E-state index in [0.717, 1.165) is 0 Å². The molecule has 0 spiro atoms. The van der Waals surface area contributed by atoms with E-state index in [1.165, 1.54) is 0 Å². The first-order valence-electron chi connectivity index (χ1n) is 6.99. The summed E-state index contributed by atoms with van der Waals surface area (Å²) in [7, 11) is 3.15. The fourth-order valence-corrected chi connectivity index (χ4v) is 1.79. The van der Waals surface area contributed by atoms with Crippen LogP contribution in [0.15, 0.2) is 18.2 Å². The van der Waals surface area contributed by atoms with Gasteiger partial charge in [-0.25, -0.2) is 0 Å². The Morgan fingerprint density at radius 2 is 1.81 bits per heavy atom. The zero-order valence-electron chi connectivity index (χ0n) is 13.5. The molecule has 5 nitrogen and oxygen atoms in total. The molecule has 0 amide bonds. The van der Waals surface area contributed by atoms with Crippen molar-refractivity contribution in [2.75, 3.05) is 34.0 Å². The van der Waals surface area contributed by atoms with Gasteiger partial charge in [-0.05, 0) is 32.9 Å². The molecular weight excluding hydrogens is 272 g/mol. The number of methoxy groups -OCH3 is 2. The van der Waals surface area contributed by atoms with E-state index in [1.807, 2.05) is 20.8 Å². The Morgan fingerprint density at radius 1 is 1.10 bits per heavy atom. The highest BCUT2D eigenvalue weighted by atomic mass is 16.5. The molecule has 0 aliphatic heterocycles. The van der Waals surface area contributed by atoms with Gasteiger partial charge in [-0.3, -0.25) is 0 Å². The van der Waals surface area contributed by atoms with Crippen LogP contribution >= 0.6 is 0 Å². The van der Waals surface area contributed by atoms with Crippen LogP contribution in [0.5, 0.6) is 11.5 Å². The van der Waals surface area contributed by atoms with Crippen molar-refractivity contribution in [3.8, 4) is 11.5 Å². The molecule has 0 aliphatic carbocycles. The number of hydrogen-bond donors (Lipinski definition) is 1. The Morgan fingerprint density at radius 3 is 2.38 bits per heavy atom. The van der Waals surface area contributed by atoms with Gasteiger partial charge >= 0.3 is 0 Å². The molecule has 0 bridgehead atoms. The topological polar surface area (TPSA) is 57.2 Å². The van der Waals surface area contributed by atoms with Crippen molar-refractivity contribution < 1.29 is 24.1 Å². The molecule has 1 aromatic carbocycles. The van der Waals surface area contributed by atoms with Crippen molar-refractivity contribution in [1.29, 1.82) is 0 Å². The Kier molecular flexibility index (Phi) is 6.95. The van der Waals surface area contributed by atoms with Crippen LogP contribution in [-0.2, 0) is 9.47 Å². The van der Waals surface area contributed by atoms with Gasteiger partial charge in [0.15, 0.2) is 0 Å². The van der Waals surface area contributed by atoms with Crippen LogP contribution in [0.2, 0.25) is 0 Å². The minimum atomic E-state index is -0.750. The van der Waals surface area contributed by atoms with Crippen LogP contribution in [0.4, 0.5) is 0 Å². The minimum absolute atomic E-state index is 0.179. The van der Waals surface area contributed by atoms with Gasteiger partial charge in [0, 0.05) is 11.6 Å². The van der Waals surface area contributed by atoms with Crippen molar-refractivity contribution in [2.45, 2.75) is 32.5 Å². The first-order chi connectivity index (χ1) is 9.87. The standard InChI is InChI=1S/C16H26O5/c1-16(2,3)21-9-8-20-11-14(17)13-7-6-12(18-4)10-15(13)19-5/h6-7,10,14,17H,8-9,11H2,1-5H3. The van der Waals surface area contributed by atoms with Gasteiger partial charge in [-0.2, -0.15) is 0 Å². The predicted molar refractivity (Wildman–Crippen MR) is 81.0 cm³/mol. The maximum absolute atomic E-state index is 10.2. The maximum Gasteiger partial charge on any atom is 0.128 e. The van der Waals surface area contributed by atoms with Crippen LogP contribution in [0.3, 0.4) is 0 Å². The van der Waals surface area contributed by atoms with E-state index in [-0.39, 0.29) is 12.2 Å². The third-order valence-electron chi connectivity index (χ3n) is 2.84. The molecular formula is C16H26O5. The zero-order valence-corrected chi connectivity index (χ0v) is 13.5. The van der Waals surface area contributed by atoms with E-state index in [4.69, 9.17) is 18.9 Å². The van der Waals surface area contributed by atoms with E-state index >= 15 is 0 Å². The summed E-state index contributed by atoms with van der Waals surface area (Å²) in [5.74, 6) is 1.26. The van der Waals surface area contributed by atoms with Gasteiger partial charge in [0.25, 0.3) is 0 Å². The number of benzene rings is 1. The highest BCUT2D eigenvalue weighted by Crippen LogP contribution is 2.29. The molecule has 1 rings (SSSR count). The summed E-state index contributed by atoms with van der Waals surface area (Å²) in [5.41, 5.74) is 0.497. The van der Waals surface area contributed by atoms with Gasteiger partial charge in [-0.15, -0.1) is 0 Å². The van der Waals surface area contributed by atoms with Gasteiger partial charge < -0.3 is 24.1 Å². The number of hydrogen-bond acceptors (Lipinski definition) is 5. The van der Waals surface area contributed by atoms with Crippen LogP contribution < -0.4 is 9.47 Å². The number of rotatable bonds is 8. The Bertz CT molecular complexity index is 425. The van der Waals surface area contributed by atoms with Gasteiger partial charge in [0.05, 0.1) is 39.6 Å². The molecule has 0 saturated carbocycles. The van der Waals surface area contributed by atoms with Gasteiger partial charge in [0.1, 0.15) is 17.6 Å². The first kappa shape index (κ1) is 17.8. The molecule has 0 radical (unpaired) electrons. The lowest BCUT2D eigenvalue weighted by atomic mass is 10.1. The maximum atomic E-state index is 10.2. The molecule has 1 atom stereocenters. The van der Waals surface area contributed by atoms with Crippen LogP contribution in [0, 0.1) is 0 Å². The third-order valence-corrected chi connectivity index (χ3v) is 2.84. The SMILES string of the molecule is COc1ccc(C(O)COCCOC(C)(C)C)c(OC)c1. The molecule has 21 heavy (non-hydrogen) atoms. The second kappa shape index (κ2) is 8.22. The summed E-state index contributed by atoms with van der Waals surface area (Å²) in [6.07, 6.45) is -0.750. The zero-order chi connectivity index (χ0) is 15.9. The largest absolute Gasteiger partial charge is 0.497 e. The second-order valence-corrected chi connectivity index (χ2v) is 5.66. The average Bonchev–Trinajstić information content (AvgIpc) is 2.44. The monoisotopic (exact) mass is 298 g/mol. The van der Waals surface area contributed by atoms with Crippen molar-refractivity contribution in [1.82, 2.24) is 0 Å². The van der Waals surface area contributed by atoms with Gasteiger partial charge in [-0.1, -0.05) is 0 Å². The number of aliphatic hydroxyl groups excluding tert-OH is 1. The van der Waals surface area contributed by atoms with E-state index in [9.17, 15) is 5.11 Å². The lowest BCUT2D eigenvalue weighted by Gasteiger charge is -2.20. The number of aliphatic hydroxyl groups is 1. The first-order valence-corrected chi connectivity index (χ1v) is 6.99. The number of ether oxygens (including phenoxy) is 4. The van der Waals surface area contributed by atoms with Crippen molar-refractivity contribution in [3.63, 3.8) is 0 Å². The molecule has 0 aromatic heterocycles. The van der Waals surface area contributed by atoms with Crippen molar-refractivity contribution in [3.05, 3.63) is 23.8 Å². The molecule has 0 aliphatic rings. The Labute approximate surface area is 126 Å². The summed E-state index contributed by atoms with van der Waals surface area (Å²) < 4.78 is 21.4. The van der Waals surface area contributed by atoms with Crippen LogP contribution in [0.1, 0.15) is 32.4 Å². The molecule has 1 unspecified atom stereocenters. The fraction of sp³-hybridized carbons (Fsp3) is 0.625. The molecule has 120 valence electrons. The van der Waals surface area contributed by atoms with E-state index in [1.54, 1.807) is 32.4 Å². The highest BCUT2D eigenvalue weighted by molar-refractivity contribution is 5.41.